The number of amides is 1. The van der Waals surface area contributed by atoms with Gasteiger partial charge in [-0.25, -0.2) is 17.9 Å². The first-order valence-corrected chi connectivity index (χ1v) is 11.7. The van der Waals surface area contributed by atoms with E-state index in [9.17, 15) is 18.0 Å². The van der Waals surface area contributed by atoms with Gasteiger partial charge in [0.15, 0.2) is 6.10 Å². The molecule has 0 aliphatic heterocycles. The zero-order valence-corrected chi connectivity index (χ0v) is 19.7. The Hall–Kier alpha value is -2.23. The van der Waals surface area contributed by atoms with E-state index in [0.717, 1.165) is 0 Å². The molecule has 0 bridgehead atoms. The maximum Gasteiger partial charge on any atom is 0.340 e. The number of benzene rings is 2. The summed E-state index contributed by atoms with van der Waals surface area (Å²) >= 11 is 3.24. The van der Waals surface area contributed by atoms with Crippen LogP contribution in [-0.4, -0.2) is 39.0 Å². The third-order valence-electron chi connectivity index (χ3n) is 4.14. The minimum absolute atomic E-state index is 0.0176. The van der Waals surface area contributed by atoms with Gasteiger partial charge in [0.25, 0.3) is 5.91 Å². The monoisotopic (exact) mass is 496 g/mol. The van der Waals surface area contributed by atoms with Gasteiger partial charge in [-0.3, -0.25) is 4.79 Å². The van der Waals surface area contributed by atoms with Crippen LogP contribution in [0.4, 0.5) is 5.69 Å². The number of para-hydroxylation sites is 1. The minimum Gasteiger partial charge on any atom is -0.449 e. The molecule has 7 nitrogen and oxygen atoms in total. The molecule has 0 heterocycles. The van der Waals surface area contributed by atoms with Crippen molar-refractivity contribution in [1.29, 1.82) is 0 Å². The SMILES string of the molecule is CCN(C(=O)[C@@H](C)OC(=O)c1cc(S(=O)(=O)NC(C)C)ccc1Br)c1ccccc1. The summed E-state index contributed by atoms with van der Waals surface area (Å²) in [6.07, 6.45) is -1.06. The van der Waals surface area contributed by atoms with Crippen LogP contribution < -0.4 is 9.62 Å². The highest BCUT2D eigenvalue weighted by atomic mass is 79.9. The highest BCUT2D eigenvalue weighted by Gasteiger charge is 2.26. The Morgan fingerprint density at radius 1 is 1.10 bits per heavy atom. The Morgan fingerprint density at radius 3 is 2.30 bits per heavy atom. The molecule has 0 aliphatic rings. The number of nitrogens with one attached hydrogen (secondary N) is 1. The zero-order chi connectivity index (χ0) is 22.5. The van der Waals surface area contributed by atoms with Crippen LogP contribution in [0.3, 0.4) is 0 Å². The molecule has 30 heavy (non-hydrogen) atoms. The summed E-state index contributed by atoms with van der Waals surface area (Å²) in [6.45, 7) is 7.12. The van der Waals surface area contributed by atoms with Gasteiger partial charge in [-0.1, -0.05) is 18.2 Å². The lowest BCUT2D eigenvalue weighted by atomic mass is 10.2. The Bertz CT molecular complexity index is 1010. The van der Waals surface area contributed by atoms with Gasteiger partial charge in [0.2, 0.25) is 10.0 Å². The van der Waals surface area contributed by atoms with Crippen LogP contribution in [0.1, 0.15) is 38.1 Å². The molecule has 0 unspecified atom stereocenters. The molecular weight excluding hydrogens is 472 g/mol. The Labute approximate surface area is 185 Å². The largest absolute Gasteiger partial charge is 0.449 e. The van der Waals surface area contributed by atoms with Crippen molar-refractivity contribution in [3.63, 3.8) is 0 Å². The van der Waals surface area contributed by atoms with Crippen molar-refractivity contribution < 1.29 is 22.7 Å². The number of hydrogen-bond donors (Lipinski definition) is 1. The summed E-state index contributed by atoms with van der Waals surface area (Å²) in [5.41, 5.74) is 0.714. The lowest BCUT2D eigenvalue weighted by Crippen LogP contribution is -2.40. The molecule has 1 amide bonds. The van der Waals surface area contributed by atoms with E-state index in [0.29, 0.717) is 16.7 Å². The number of sulfonamides is 1. The number of nitrogens with zero attached hydrogens (tertiary/aromatic N) is 1. The molecule has 162 valence electrons. The zero-order valence-electron chi connectivity index (χ0n) is 17.3. The van der Waals surface area contributed by atoms with Crippen molar-refractivity contribution in [3.05, 3.63) is 58.6 Å². The topological polar surface area (TPSA) is 92.8 Å². The van der Waals surface area contributed by atoms with Gasteiger partial charge in [0.1, 0.15) is 0 Å². The fraction of sp³-hybridized carbons (Fsp3) is 0.333. The van der Waals surface area contributed by atoms with Gasteiger partial charge >= 0.3 is 5.97 Å². The highest BCUT2D eigenvalue weighted by Crippen LogP contribution is 2.23. The molecule has 0 saturated heterocycles. The van der Waals surface area contributed by atoms with Crippen LogP contribution >= 0.6 is 15.9 Å². The summed E-state index contributed by atoms with van der Waals surface area (Å²) in [4.78, 5) is 26.9. The van der Waals surface area contributed by atoms with Gasteiger partial charge in [0.05, 0.1) is 10.5 Å². The second-order valence-corrected chi connectivity index (χ2v) is 9.45. The van der Waals surface area contributed by atoms with E-state index in [-0.39, 0.29) is 22.4 Å². The first-order valence-electron chi connectivity index (χ1n) is 9.46. The molecule has 2 aromatic rings. The number of likely N-dealkylation sites (N-methyl/N-ethyl adjacent to an activating group) is 1. The van der Waals surface area contributed by atoms with Crippen LogP contribution in [0.15, 0.2) is 57.9 Å². The molecule has 0 radical (unpaired) electrons. The number of hydrogen-bond acceptors (Lipinski definition) is 5. The second-order valence-electron chi connectivity index (χ2n) is 6.88. The standard InChI is InChI=1S/C21H25BrN2O5S/c1-5-24(16-9-7-6-8-10-16)20(25)15(4)29-21(26)18-13-17(11-12-19(18)22)30(27,28)23-14(2)3/h6-15,23H,5H2,1-4H3/t15-/m1/s1. The second kappa shape index (κ2) is 10.2. The van der Waals surface area contributed by atoms with E-state index in [1.807, 2.05) is 25.1 Å². The summed E-state index contributed by atoms with van der Waals surface area (Å²) in [5.74, 6) is -1.17. The van der Waals surface area contributed by atoms with Crippen LogP contribution in [0.5, 0.6) is 0 Å². The number of esters is 1. The number of carbonyl (C=O) groups excluding carboxylic acids is 2. The molecule has 2 rings (SSSR count). The minimum atomic E-state index is -3.78. The molecule has 0 aliphatic carbocycles. The lowest BCUT2D eigenvalue weighted by molar-refractivity contribution is -0.126. The maximum absolute atomic E-state index is 12.8. The summed E-state index contributed by atoms with van der Waals surface area (Å²) in [6, 6.07) is 12.8. The van der Waals surface area contributed by atoms with Crippen molar-refractivity contribution >= 4 is 43.5 Å². The third kappa shape index (κ3) is 5.90. The molecule has 0 fully saturated rings. The first kappa shape index (κ1) is 24.0. The van der Waals surface area contributed by atoms with E-state index in [2.05, 4.69) is 20.7 Å². The Balaban J connectivity index is 2.22. The van der Waals surface area contributed by atoms with Crippen LogP contribution in [-0.2, 0) is 19.6 Å². The number of rotatable bonds is 8. The van der Waals surface area contributed by atoms with Crippen LogP contribution in [0.2, 0.25) is 0 Å². The van der Waals surface area contributed by atoms with Gasteiger partial charge in [-0.15, -0.1) is 0 Å². The van der Waals surface area contributed by atoms with Gasteiger partial charge < -0.3 is 9.64 Å². The van der Waals surface area contributed by atoms with Crippen molar-refractivity contribution in [3.8, 4) is 0 Å². The fourth-order valence-corrected chi connectivity index (χ4v) is 4.46. The molecule has 0 spiro atoms. The quantitative estimate of drug-likeness (QED) is 0.561. The molecule has 1 atom stereocenters. The lowest BCUT2D eigenvalue weighted by Gasteiger charge is -2.24. The average Bonchev–Trinajstić information content (AvgIpc) is 2.68. The van der Waals surface area contributed by atoms with Crippen LogP contribution in [0, 0.1) is 0 Å². The van der Waals surface area contributed by atoms with Crippen molar-refractivity contribution in [1.82, 2.24) is 4.72 Å². The molecule has 0 aromatic heterocycles. The highest BCUT2D eigenvalue weighted by molar-refractivity contribution is 9.10. The normalized spacial score (nSPS) is 12.5. The average molecular weight is 497 g/mol. The molecule has 2 aromatic carbocycles. The number of carbonyl (C=O) groups is 2. The van der Waals surface area contributed by atoms with Crippen molar-refractivity contribution in [2.45, 2.75) is 44.7 Å². The Kier molecular flexibility index (Phi) is 8.17. The molecule has 1 N–H and O–H groups in total. The maximum atomic E-state index is 12.8. The van der Waals surface area contributed by atoms with E-state index < -0.39 is 22.1 Å². The summed E-state index contributed by atoms with van der Waals surface area (Å²) in [5, 5.41) is 0. The van der Waals surface area contributed by atoms with E-state index in [1.54, 1.807) is 26.0 Å². The molecular formula is C21H25BrN2O5S. The number of anilines is 1. The predicted octanol–water partition coefficient (Wildman–Crippen LogP) is 3.73. The summed E-state index contributed by atoms with van der Waals surface area (Å²) in [7, 11) is -3.78. The van der Waals surface area contributed by atoms with Gasteiger partial charge in [-0.05, 0) is 74.0 Å². The molecule has 9 heteroatoms. The van der Waals surface area contributed by atoms with Crippen molar-refractivity contribution in [2.24, 2.45) is 0 Å². The number of halogens is 1. The van der Waals surface area contributed by atoms with Gasteiger partial charge in [-0.2, -0.15) is 0 Å². The molecule has 0 saturated carbocycles. The van der Waals surface area contributed by atoms with Crippen LogP contribution in [0.25, 0.3) is 0 Å². The van der Waals surface area contributed by atoms with Crippen molar-refractivity contribution in [2.75, 3.05) is 11.4 Å². The number of ether oxygens (including phenoxy) is 1. The summed E-state index contributed by atoms with van der Waals surface area (Å²) < 4.78 is 33.0. The predicted molar refractivity (Wildman–Crippen MR) is 119 cm³/mol. The first-order chi connectivity index (χ1) is 14.1. The Morgan fingerprint density at radius 2 is 1.73 bits per heavy atom. The van der Waals surface area contributed by atoms with Gasteiger partial charge in [0, 0.05) is 22.7 Å². The van der Waals surface area contributed by atoms with E-state index >= 15 is 0 Å². The van der Waals surface area contributed by atoms with E-state index in [1.165, 1.54) is 30.0 Å². The smallest absolute Gasteiger partial charge is 0.340 e. The third-order valence-corrected chi connectivity index (χ3v) is 6.49. The fourth-order valence-electron chi connectivity index (χ4n) is 2.77. The van der Waals surface area contributed by atoms with E-state index in [4.69, 9.17) is 4.74 Å².